The molecule has 29 heavy (non-hydrogen) atoms. The van der Waals surface area contributed by atoms with Crippen LogP contribution in [0.4, 0.5) is 0 Å². The fourth-order valence-electron chi connectivity index (χ4n) is 2.65. The van der Waals surface area contributed by atoms with E-state index in [1.165, 1.54) is 5.56 Å². The molecule has 1 aromatic heterocycles. The first-order chi connectivity index (χ1) is 14.0. The van der Waals surface area contributed by atoms with Gasteiger partial charge in [0.05, 0.1) is 5.39 Å². The van der Waals surface area contributed by atoms with E-state index in [4.69, 9.17) is 9.15 Å². The lowest BCUT2D eigenvalue weighted by Crippen LogP contribution is -2.30. The minimum absolute atomic E-state index is 0.224. The maximum atomic E-state index is 12.2. The number of nitrogens with one attached hydrogen (secondary N) is 1. The van der Waals surface area contributed by atoms with Crippen LogP contribution >= 0.6 is 11.8 Å². The van der Waals surface area contributed by atoms with Gasteiger partial charge in [-0.2, -0.15) is 11.8 Å². The number of hydrogen-bond donors (Lipinski definition) is 1. The molecule has 2 aromatic carbocycles. The molecule has 0 spiro atoms. The lowest BCUT2D eigenvalue weighted by Gasteiger charge is -2.07. The number of hydrogen-bond acceptors (Lipinski definition) is 6. The van der Waals surface area contributed by atoms with E-state index in [0.717, 1.165) is 23.1 Å². The number of thioether (sulfide) groups is 1. The molecule has 7 heteroatoms. The number of carbonyl (C=O) groups is 2. The zero-order valence-corrected chi connectivity index (χ0v) is 16.8. The number of benzene rings is 2. The van der Waals surface area contributed by atoms with Gasteiger partial charge in [-0.15, -0.1) is 0 Å². The lowest BCUT2D eigenvalue weighted by atomic mass is 10.1. The van der Waals surface area contributed by atoms with Gasteiger partial charge in [-0.3, -0.25) is 9.59 Å². The molecule has 0 saturated heterocycles. The summed E-state index contributed by atoms with van der Waals surface area (Å²) in [6, 6.07) is 16.2. The lowest BCUT2D eigenvalue weighted by molar-refractivity contribution is -0.124. The normalized spacial score (nSPS) is 10.7. The highest BCUT2D eigenvalue weighted by Crippen LogP contribution is 2.15. The van der Waals surface area contributed by atoms with Crippen molar-refractivity contribution in [1.29, 1.82) is 0 Å². The molecular formula is C22H21NO5S. The van der Waals surface area contributed by atoms with Crippen LogP contribution in [-0.2, 0) is 15.3 Å². The highest BCUT2D eigenvalue weighted by molar-refractivity contribution is 7.98. The topological polar surface area (TPSA) is 85.6 Å². The Bertz CT molecular complexity index is 1060. The number of carbonyl (C=O) groups excluding carboxylic acids is 2. The van der Waals surface area contributed by atoms with E-state index in [-0.39, 0.29) is 11.2 Å². The average Bonchev–Trinajstić information content (AvgIpc) is 2.73. The van der Waals surface area contributed by atoms with Crippen LogP contribution < -0.4 is 10.7 Å². The molecule has 0 atom stereocenters. The molecule has 1 N–H and O–H groups in total. The monoisotopic (exact) mass is 411 g/mol. The van der Waals surface area contributed by atoms with Crippen molar-refractivity contribution in [2.75, 3.05) is 18.9 Å². The van der Waals surface area contributed by atoms with Gasteiger partial charge in [-0.1, -0.05) is 42.0 Å². The van der Waals surface area contributed by atoms with Crippen molar-refractivity contribution in [3.8, 4) is 0 Å². The molecule has 0 bridgehead atoms. The first kappa shape index (κ1) is 20.7. The van der Waals surface area contributed by atoms with Crippen LogP contribution in [0.3, 0.4) is 0 Å². The number of rotatable bonds is 8. The molecule has 3 aromatic rings. The Morgan fingerprint density at radius 3 is 2.69 bits per heavy atom. The summed E-state index contributed by atoms with van der Waals surface area (Å²) in [5.41, 5.74) is 2.11. The molecule has 0 aliphatic carbocycles. The standard InChI is InChI=1S/C22H21NO5S/c1-15-7-8-19-17(11-15)18(24)12-20(28-19)22(26)27-13-21(25)23-9-10-29-14-16-5-3-2-4-6-16/h2-8,11-12H,9-10,13-14H2,1H3,(H,23,25). The zero-order valence-electron chi connectivity index (χ0n) is 16.0. The number of aryl methyl sites for hydroxylation is 1. The van der Waals surface area contributed by atoms with Gasteiger partial charge in [0.15, 0.2) is 12.0 Å². The second-order valence-electron chi connectivity index (χ2n) is 6.44. The number of amides is 1. The van der Waals surface area contributed by atoms with E-state index in [1.54, 1.807) is 30.0 Å². The molecule has 0 saturated carbocycles. The van der Waals surface area contributed by atoms with E-state index < -0.39 is 18.5 Å². The summed E-state index contributed by atoms with van der Waals surface area (Å²) in [6.45, 7) is 1.90. The van der Waals surface area contributed by atoms with Crippen LogP contribution in [0.2, 0.25) is 0 Å². The highest BCUT2D eigenvalue weighted by atomic mass is 32.2. The van der Waals surface area contributed by atoms with Crippen LogP contribution in [0, 0.1) is 6.92 Å². The van der Waals surface area contributed by atoms with Gasteiger partial charge in [-0.05, 0) is 24.6 Å². The van der Waals surface area contributed by atoms with E-state index in [2.05, 4.69) is 17.4 Å². The van der Waals surface area contributed by atoms with Crippen molar-refractivity contribution < 1.29 is 18.7 Å². The van der Waals surface area contributed by atoms with Crippen molar-refractivity contribution in [2.24, 2.45) is 0 Å². The Kier molecular flexibility index (Phi) is 7.08. The van der Waals surface area contributed by atoms with Crippen LogP contribution in [0.1, 0.15) is 21.7 Å². The van der Waals surface area contributed by atoms with Crippen LogP contribution in [-0.4, -0.2) is 30.8 Å². The molecule has 6 nitrogen and oxygen atoms in total. The Balaban J connectivity index is 1.43. The molecule has 3 rings (SSSR count). The van der Waals surface area contributed by atoms with Crippen LogP contribution in [0.5, 0.6) is 0 Å². The zero-order chi connectivity index (χ0) is 20.6. The summed E-state index contributed by atoms with van der Waals surface area (Å²) in [6.07, 6.45) is 0. The summed E-state index contributed by atoms with van der Waals surface area (Å²) in [5, 5.41) is 3.09. The molecule has 0 aliphatic rings. The summed E-state index contributed by atoms with van der Waals surface area (Å²) in [7, 11) is 0. The Morgan fingerprint density at radius 2 is 1.90 bits per heavy atom. The second-order valence-corrected chi connectivity index (χ2v) is 7.54. The highest BCUT2D eigenvalue weighted by Gasteiger charge is 2.15. The molecule has 0 radical (unpaired) electrons. The van der Waals surface area contributed by atoms with Crippen molar-refractivity contribution in [1.82, 2.24) is 5.32 Å². The third-order valence-corrected chi connectivity index (χ3v) is 5.13. The third-order valence-electron chi connectivity index (χ3n) is 4.10. The Labute approximate surface area is 172 Å². The van der Waals surface area contributed by atoms with Gasteiger partial charge in [0.1, 0.15) is 5.58 Å². The van der Waals surface area contributed by atoms with Gasteiger partial charge in [0.25, 0.3) is 5.91 Å². The van der Waals surface area contributed by atoms with Crippen molar-refractivity contribution in [2.45, 2.75) is 12.7 Å². The predicted octanol–water partition coefficient (Wildman–Crippen LogP) is 3.31. The van der Waals surface area contributed by atoms with Gasteiger partial charge < -0.3 is 14.5 Å². The average molecular weight is 411 g/mol. The summed E-state index contributed by atoms with van der Waals surface area (Å²) < 4.78 is 10.4. The first-order valence-electron chi connectivity index (χ1n) is 9.13. The SMILES string of the molecule is Cc1ccc2oc(C(=O)OCC(=O)NCCSCc3ccccc3)cc(=O)c2c1. The Hall–Kier alpha value is -3.06. The maximum Gasteiger partial charge on any atom is 0.374 e. The molecule has 0 unspecified atom stereocenters. The molecular weight excluding hydrogens is 390 g/mol. The van der Waals surface area contributed by atoms with E-state index >= 15 is 0 Å². The fourth-order valence-corrected chi connectivity index (χ4v) is 3.47. The van der Waals surface area contributed by atoms with Crippen molar-refractivity contribution in [3.63, 3.8) is 0 Å². The predicted molar refractivity (Wildman–Crippen MR) is 113 cm³/mol. The van der Waals surface area contributed by atoms with Crippen molar-refractivity contribution in [3.05, 3.63) is 81.7 Å². The quantitative estimate of drug-likeness (QED) is 0.452. The molecule has 1 heterocycles. The molecule has 1 amide bonds. The first-order valence-corrected chi connectivity index (χ1v) is 10.3. The summed E-state index contributed by atoms with van der Waals surface area (Å²) in [4.78, 5) is 36.1. The van der Waals surface area contributed by atoms with Crippen molar-refractivity contribution >= 4 is 34.6 Å². The number of fused-ring (bicyclic) bond motifs is 1. The fraction of sp³-hybridized carbons (Fsp3) is 0.227. The number of ether oxygens (including phenoxy) is 1. The molecule has 0 aliphatic heterocycles. The van der Waals surface area contributed by atoms with Gasteiger partial charge in [0.2, 0.25) is 5.76 Å². The summed E-state index contributed by atoms with van der Waals surface area (Å²) >= 11 is 1.70. The minimum atomic E-state index is -0.849. The van der Waals surface area contributed by atoms with E-state index in [9.17, 15) is 14.4 Å². The second kappa shape index (κ2) is 9.93. The Morgan fingerprint density at radius 1 is 1.10 bits per heavy atom. The molecule has 0 fully saturated rings. The maximum absolute atomic E-state index is 12.2. The van der Waals surface area contributed by atoms with Crippen LogP contribution in [0.25, 0.3) is 11.0 Å². The van der Waals surface area contributed by atoms with E-state index in [0.29, 0.717) is 17.5 Å². The minimum Gasteiger partial charge on any atom is -0.450 e. The third kappa shape index (κ3) is 5.96. The smallest absolute Gasteiger partial charge is 0.374 e. The number of esters is 1. The molecule has 150 valence electrons. The van der Waals surface area contributed by atoms with Crippen LogP contribution in [0.15, 0.2) is 63.8 Å². The van der Waals surface area contributed by atoms with Gasteiger partial charge >= 0.3 is 5.97 Å². The van der Waals surface area contributed by atoms with Gasteiger partial charge in [0, 0.05) is 24.1 Å². The van der Waals surface area contributed by atoms with E-state index in [1.807, 2.05) is 25.1 Å². The summed E-state index contributed by atoms with van der Waals surface area (Å²) in [5.74, 6) is 0.132. The largest absolute Gasteiger partial charge is 0.450 e. The van der Waals surface area contributed by atoms with Gasteiger partial charge in [-0.25, -0.2) is 4.79 Å².